The molecule has 0 bridgehead atoms. The van der Waals surface area contributed by atoms with E-state index in [0.29, 0.717) is 35.7 Å². The summed E-state index contributed by atoms with van der Waals surface area (Å²) in [5, 5.41) is 24.9. The minimum atomic E-state index is -0.167. The third-order valence-electron chi connectivity index (χ3n) is 5.26. The van der Waals surface area contributed by atoms with Crippen LogP contribution in [0.5, 0.6) is 11.5 Å². The molecule has 3 aromatic carbocycles. The van der Waals surface area contributed by atoms with Gasteiger partial charge in [-0.25, -0.2) is 0 Å². The molecule has 0 atom stereocenters. The normalized spacial score (nSPS) is 10.8. The standard InChI is InChI=1S/C25H24N4O3/c1-3-7-22-23(13-12-19(16(2)30)24(22)31)32-15-17-8-6-9-18(14-17)20-10-4-5-11-21(20)25-26-28-29-27-25/h4-6,8-14,31H,3,7,15H2,1-2H3,(H,26,27,28,29). The maximum absolute atomic E-state index is 11.8. The Morgan fingerprint density at radius 1 is 1.06 bits per heavy atom. The summed E-state index contributed by atoms with van der Waals surface area (Å²) in [5.41, 5.74) is 4.85. The molecule has 162 valence electrons. The van der Waals surface area contributed by atoms with Crippen molar-refractivity contribution in [3.05, 3.63) is 77.4 Å². The Hall–Kier alpha value is -4.00. The molecule has 0 saturated carbocycles. The summed E-state index contributed by atoms with van der Waals surface area (Å²) in [7, 11) is 0. The van der Waals surface area contributed by atoms with Crippen LogP contribution in [0.25, 0.3) is 22.5 Å². The van der Waals surface area contributed by atoms with E-state index in [-0.39, 0.29) is 11.5 Å². The first-order valence-electron chi connectivity index (χ1n) is 10.5. The molecule has 7 heteroatoms. The molecule has 0 unspecified atom stereocenters. The number of hydrogen-bond donors (Lipinski definition) is 2. The Kier molecular flexibility index (Phi) is 6.26. The van der Waals surface area contributed by atoms with Gasteiger partial charge in [-0.1, -0.05) is 55.8 Å². The number of ketones is 1. The number of aromatic nitrogens is 4. The van der Waals surface area contributed by atoms with Crippen LogP contribution in [0.15, 0.2) is 60.7 Å². The van der Waals surface area contributed by atoms with Crippen LogP contribution in [-0.4, -0.2) is 31.5 Å². The molecule has 0 amide bonds. The van der Waals surface area contributed by atoms with Crippen molar-refractivity contribution in [1.82, 2.24) is 20.6 Å². The van der Waals surface area contributed by atoms with Crippen LogP contribution in [0.3, 0.4) is 0 Å². The number of phenols is 1. The minimum absolute atomic E-state index is 0.0136. The zero-order chi connectivity index (χ0) is 22.5. The third-order valence-corrected chi connectivity index (χ3v) is 5.26. The highest BCUT2D eigenvalue weighted by atomic mass is 16.5. The van der Waals surface area contributed by atoms with Crippen LogP contribution in [0, 0.1) is 0 Å². The highest BCUT2D eigenvalue weighted by Gasteiger charge is 2.16. The zero-order valence-electron chi connectivity index (χ0n) is 18.0. The second-order valence-electron chi connectivity index (χ2n) is 7.51. The van der Waals surface area contributed by atoms with Gasteiger partial charge in [0.1, 0.15) is 18.1 Å². The van der Waals surface area contributed by atoms with Gasteiger partial charge in [-0.3, -0.25) is 4.79 Å². The Morgan fingerprint density at radius 2 is 1.88 bits per heavy atom. The summed E-state index contributed by atoms with van der Waals surface area (Å²) in [4.78, 5) is 11.8. The van der Waals surface area contributed by atoms with E-state index in [1.165, 1.54) is 6.92 Å². The van der Waals surface area contributed by atoms with Crippen LogP contribution in [0.2, 0.25) is 0 Å². The zero-order valence-corrected chi connectivity index (χ0v) is 18.0. The molecule has 0 spiro atoms. The van der Waals surface area contributed by atoms with Crippen molar-refractivity contribution in [3.8, 4) is 34.0 Å². The number of carbonyl (C=O) groups is 1. The van der Waals surface area contributed by atoms with E-state index >= 15 is 0 Å². The van der Waals surface area contributed by atoms with E-state index in [1.54, 1.807) is 12.1 Å². The average Bonchev–Trinajstić information content (AvgIpc) is 3.34. The topological polar surface area (TPSA) is 101 Å². The molecule has 4 rings (SSSR count). The quantitative estimate of drug-likeness (QED) is 0.384. The van der Waals surface area contributed by atoms with E-state index in [9.17, 15) is 9.90 Å². The molecule has 0 aliphatic carbocycles. The second-order valence-corrected chi connectivity index (χ2v) is 7.51. The van der Waals surface area contributed by atoms with Crippen molar-refractivity contribution < 1.29 is 14.6 Å². The lowest BCUT2D eigenvalue weighted by Crippen LogP contribution is -2.02. The number of rotatable bonds is 8. The SMILES string of the molecule is CCCc1c(OCc2cccc(-c3ccccc3-c3nn[nH]n3)c2)ccc(C(C)=O)c1O. The Labute approximate surface area is 186 Å². The molecule has 0 saturated heterocycles. The highest BCUT2D eigenvalue weighted by molar-refractivity contribution is 5.97. The predicted molar refractivity (Wildman–Crippen MR) is 121 cm³/mol. The maximum atomic E-state index is 11.8. The lowest BCUT2D eigenvalue weighted by Gasteiger charge is -2.15. The molecule has 2 N–H and O–H groups in total. The Balaban J connectivity index is 1.61. The van der Waals surface area contributed by atoms with E-state index in [0.717, 1.165) is 28.7 Å². The van der Waals surface area contributed by atoms with Crippen LogP contribution in [0.4, 0.5) is 0 Å². The average molecular weight is 428 g/mol. The fourth-order valence-electron chi connectivity index (χ4n) is 3.72. The highest BCUT2D eigenvalue weighted by Crippen LogP contribution is 2.34. The molecule has 0 aliphatic heterocycles. The first-order valence-corrected chi connectivity index (χ1v) is 10.5. The monoisotopic (exact) mass is 428 g/mol. The lowest BCUT2D eigenvalue weighted by molar-refractivity contribution is 0.101. The number of tetrazole rings is 1. The number of nitrogens with one attached hydrogen (secondary N) is 1. The van der Waals surface area contributed by atoms with E-state index < -0.39 is 0 Å². The second kappa shape index (κ2) is 9.43. The van der Waals surface area contributed by atoms with Crippen LogP contribution < -0.4 is 4.74 Å². The van der Waals surface area contributed by atoms with Crippen molar-refractivity contribution >= 4 is 5.78 Å². The number of hydrogen-bond acceptors (Lipinski definition) is 6. The van der Waals surface area contributed by atoms with Crippen molar-refractivity contribution in [2.24, 2.45) is 0 Å². The fourth-order valence-corrected chi connectivity index (χ4v) is 3.72. The van der Waals surface area contributed by atoms with Crippen molar-refractivity contribution in [1.29, 1.82) is 0 Å². The smallest absolute Gasteiger partial charge is 0.205 e. The van der Waals surface area contributed by atoms with Gasteiger partial charge in [-0.15, -0.1) is 10.2 Å². The van der Waals surface area contributed by atoms with Gasteiger partial charge in [0, 0.05) is 11.1 Å². The van der Waals surface area contributed by atoms with Crippen molar-refractivity contribution in [2.75, 3.05) is 0 Å². The first kappa shape index (κ1) is 21.2. The summed E-state index contributed by atoms with van der Waals surface area (Å²) in [6.45, 7) is 3.80. The largest absolute Gasteiger partial charge is 0.507 e. The van der Waals surface area contributed by atoms with Gasteiger partial charge in [0.2, 0.25) is 5.82 Å². The molecule has 7 nitrogen and oxygen atoms in total. The number of phenolic OH excluding ortho intramolecular Hbond substituents is 1. The third kappa shape index (κ3) is 4.37. The molecule has 0 fully saturated rings. The number of aromatic amines is 1. The lowest BCUT2D eigenvalue weighted by atomic mass is 9.98. The van der Waals surface area contributed by atoms with Gasteiger partial charge < -0.3 is 9.84 Å². The first-order chi connectivity index (χ1) is 15.6. The van der Waals surface area contributed by atoms with Crippen LogP contribution in [-0.2, 0) is 13.0 Å². The maximum Gasteiger partial charge on any atom is 0.205 e. The number of carbonyl (C=O) groups excluding carboxylic acids is 1. The van der Waals surface area contributed by atoms with Crippen LogP contribution in [0.1, 0.15) is 41.8 Å². The van der Waals surface area contributed by atoms with Gasteiger partial charge in [-0.05, 0) is 53.4 Å². The number of aromatic hydroxyl groups is 1. The van der Waals surface area contributed by atoms with E-state index in [4.69, 9.17) is 4.74 Å². The number of benzene rings is 3. The van der Waals surface area contributed by atoms with Crippen molar-refractivity contribution in [3.63, 3.8) is 0 Å². The number of nitrogens with zero attached hydrogens (tertiary/aromatic N) is 3. The van der Waals surface area contributed by atoms with Gasteiger partial charge in [-0.2, -0.15) is 5.21 Å². The fraction of sp³-hybridized carbons (Fsp3) is 0.200. The summed E-state index contributed by atoms with van der Waals surface area (Å²) in [6.07, 6.45) is 1.45. The molecule has 1 aromatic heterocycles. The van der Waals surface area contributed by atoms with E-state index in [1.807, 2.05) is 49.4 Å². The van der Waals surface area contributed by atoms with Gasteiger partial charge in [0.15, 0.2) is 5.78 Å². The summed E-state index contributed by atoms with van der Waals surface area (Å²) in [5.74, 6) is 0.971. The summed E-state index contributed by atoms with van der Waals surface area (Å²) in [6, 6.07) is 19.3. The van der Waals surface area contributed by atoms with Crippen LogP contribution >= 0.6 is 0 Å². The molecular weight excluding hydrogens is 404 g/mol. The predicted octanol–water partition coefficient (Wildman–Crippen LogP) is 4.97. The van der Waals surface area contributed by atoms with Gasteiger partial charge in [0.05, 0.1) is 5.56 Å². The molecule has 0 aliphatic rings. The Morgan fingerprint density at radius 3 is 2.59 bits per heavy atom. The number of H-pyrrole nitrogens is 1. The number of Topliss-reactive ketones (excluding diaryl/α,β-unsaturated/α-hetero) is 1. The number of ether oxygens (including phenoxy) is 1. The molecule has 0 radical (unpaired) electrons. The molecule has 4 aromatic rings. The van der Waals surface area contributed by atoms with Gasteiger partial charge >= 0.3 is 0 Å². The van der Waals surface area contributed by atoms with Crippen molar-refractivity contribution in [2.45, 2.75) is 33.3 Å². The van der Waals surface area contributed by atoms with E-state index in [2.05, 4.69) is 26.7 Å². The molecule has 1 heterocycles. The summed E-state index contributed by atoms with van der Waals surface area (Å²) < 4.78 is 6.07. The Bertz CT molecular complexity index is 1240. The summed E-state index contributed by atoms with van der Waals surface area (Å²) >= 11 is 0. The minimum Gasteiger partial charge on any atom is -0.507 e. The molecule has 32 heavy (non-hydrogen) atoms. The molecular formula is C25H24N4O3. The van der Waals surface area contributed by atoms with Gasteiger partial charge in [0.25, 0.3) is 0 Å².